The molecule has 34 heavy (non-hydrogen) atoms. The van der Waals surface area contributed by atoms with Crippen molar-refractivity contribution in [2.75, 3.05) is 5.32 Å². The number of nitrogens with zero attached hydrogens (tertiary/aromatic N) is 2. The number of hydrogen-bond acceptors (Lipinski definition) is 3. The van der Waals surface area contributed by atoms with Crippen LogP contribution in [0.25, 0.3) is 0 Å². The van der Waals surface area contributed by atoms with E-state index < -0.39 is 29.6 Å². The van der Waals surface area contributed by atoms with Crippen LogP contribution in [-0.4, -0.2) is 21.7 Å². The highest BCUT2D eigenvalue weighted by Gasteiger charge is 2.41. The summed E-state index contributed by atoms with van der Waals surface area (Å²) in [4.78, 5) is 13.0. The average Bonchev–Trinajstić information content (AvgIpc) is 3.41. The van der Waals surface area contributed by atoms with E-state index in [0.717, 1.165) is 12.1 Å². The van der Waals surface area contributed by atoms with Crippen LogP contribution in [-0.2, 0) is 16.5 Å². The zero-order valence-electron chi connectivity index (χ0n) is 19.0. The number of nitrogens with one attached hydrogen (secondary N) is 2. The fraction of sp³-hybridized carbons (Fsp3) is 0.360. The maximum Gasteiger partial charge on any atom is 0.416 e. The predicted octanol–water partition coefficient (Wildman–Crippen LogP) is 5.62. The van der Waals surface area contributed by atoms with Gasteiger partial charge in [-0.2, -0.15) is 18.3 Å². The van der Waals surface area contributed by atoms with E-state index in [0.29, 0.717) is 23.4 Å². The first-order chi connectivity index (χ1) is 15.9. The first-order valence-electron chi connectivity index (χ1n) is 11.0. The molecule has 4 rings (SSSR count). The Labute approximate surface area is 195 Å². The van der Waals surface area contributed by atoms with Crippen LogP contribution in [0.3, 0.4) is 0 Å². The number of anilines is 1. The van der Waals surface area contributed by atoms with Crippen LogP contribution in [0, 0.1) is 5.82 Å². The van der Waals surface area contributed by atoms with E-state index in [2.05, 4.69) is 15.7 Å². The summed E-state index contributed by atoms with van der Waals surface area (Å²) in [6, 6.07) is 11.2. The van der Waals surface area contributed by atoms with Crippen LogP contribution in [0.2, 0.25) is 0 Å². The lowest BCUT2D eigenvalue weighted by Gasteiger charge is -2.21. The predicted molar refractivity (Wildman–Crippen MR) is 121 cm³/mol. The topological polar surface area (TPSA) is 59.0 Å². The van der Waals surface area contributed by atoms with Gasteiger partial charge in [0.15, 0.2) is 0 Å². The quantitative estimate of drug-likeness (QED) is 0.483. The zero-order valence-corrected chi connectivity index (χ0v) is 19.0. The van der Waals surface area contributed by atoms with E-state index in [-0.39, 0.29) is 17.4 Å². The molecule has 2 aromatic carbocycles. The highest BCUT2D eigenvalue weighted by molar-refractivity contribution is 5.95. The molecule has 9 heteroatoms. The van der Waals surface area contributed by atoms with Gasteiger partial charge >= 0.3 is 6.18 Å². The van der Waals surface area contributed by atoms with Gasteiger partial charge in [-0.05, 0) is 69.2 Å². The molecule has 3 atom stereocenters. The third kappa shape index (κ3) is 5.14. The second-order valence-electron chi connectivity index (χ2n) is 9.52. The minimum Gasteiger partial charge on any atom is -0.325 e. The number of amides is 1. The smallest absolute Gasteiger partial charge is 0.325 e. The molecule has 0 spiro atoms. The van der Waals surface area contributed by atoms with Gasteiger partial charge in [-0.15, -0.1) is 0 Å². The lowest BCUT2D eigenvalue weighted by Crippen LogP contribution is -2.36. The fourth-order valence-electron chi connectivity index (χ4n) is 4.21. The monoisotopic (exact) mass is 474 g/mol. The van der Waals surface area contributed by atoms with Crippen molar-refractivity contribution in [3.8, 4) is 0 Å². The van der Waals surface area contributed by atoms with Crippen LogP contribution in [0.5, 0.6) is 0 Å². The lowest BCUT2D eigenvalue weighted by molar-refractivity contribution is -0.137. The molecular weight excluding hydrogens is 448 g/mol. The van der Waals surface area contributed by atoms with E-state index in [9.17, 15) is 22.4 Å². The Morgan fingerprint density at radius 1 is 1.09 bits per heavy atom. The van der Waals surface area contributed by atoms with Gasteiger partial charge < -0.3 is 5.32 Å². The molecule has 1 aliphatic rings. The van der Waals surface area contributed by atoms with Gasteiger partial charge in [-0.25, -0.2) is 4.39 Å². The summed E-state index contributed by atoms with van der Waals surface area (Å²) in [5, 5.41) is 10.6. The zero-order chi connectivity index (χ0) is 24.7. The Morgan fingerprint density at radius 3 is 2.47 bits per heavy atom. The molecule has 1 fully saturated rings. The van der Waals surface area contributed by atoms with Crippen molar-refractivity contribution in [3.63, 3.8) is 0 Å². The summed E-state index contributed by atoms with van der Waals surface area (Å²) in [6.45, 7) is 5.99. The largest absolute Gasteiger partial charge is 0.416 e. The Morgan fingerprint density at radius 2 is 1.82 bits per heavy atom. The number of carbonyl (C=O) groups is 1. The van der Waals surface area contributed by atoms with Gasteiger partial charge in [-0.1, -0.05) is 18.2 Å². The van der Waals surface area contributed by atoms with Crippen LogP contribution < -0.4 is 10.6 Å². The first-order valence-corrected chi connectivity index (χ1v) is 11.0. The summed E-state index contributed by atoms with van der Waals surface area (Å²) < 4.78 is 55.4. The van der Waals surface area contributed by atoms with Gasteiger partial charge in [0.05, 0.1) is 22.8 Å². The van der Waals surface area contributed by atoms with Crippen molar-refractivity contribution in [2.24, 2.45) is 0 Å². The molecule has 1 aliphatic heterocycles. The third-order valence-corrected chi connectivity index (χ3v) is 5.93. The first kappa shape index (κ1) is 23.9. The van der Waals surface area contributed by atoms with Gasteiger partial charge in [0, 0.05) is 23.8 Å². The van der Waals surface area contributed by atoms with Crippen LogP contribution in [0.1, 0.15) is 56.0 Å². The second-order valence-corrected chi connectivity index (χ2v) is 9.52. The molecule has 2 heterocycles. The standard InChI is InChI=1S/C25H26F4N4O/c1-24(2,3)33-11-10-20(32-33)19-14-21(23(34)30-18-9-5-8-17(26)13-18)31-22(19)15-6-4-7-16(12-15)25(27,28)29/h4-13,19,21-22,31H,14H2,1-3H3,(H,30,34)/t19?,21-,22-/m0/s1. The SMILES string of the molecule is CC(C)(C)n1ccc(C2C[C@@H](C(=O)Nc3cccc(F)c3)N[C@H]2c2cccc(C(F)(F)F)c2)n1. The van der Waals surface area contributed by atoms with Crippen molar-refractivity contribution < 1.29 is 22.4 Å². The molecule has 3 aromatic rings. The molecule has 1 amide bonds. The number of hydrogen-bond donors (Lipinski definition) is 2. The molecule has 0 saturated carbocycles. The highest BCUT2D eigenvalue weighted by atomic mass is 19.4. The molecule has 5 nitrogen and oxygen atoms in total. The normalized spacial score (nSPS) is 21.0. The molecule has 1 saturated heterocycles. The Balaban J connectivity index is 1.65. The lowest BCUT2D eigenvalue weighted by atomic mass is 9.90. The molecule has 1 unspecified atom stereocenters. The van der Waals surface area contributed by atoms with Crippen molar-refractivity contribution in [1.29, 1.82) is 0 Å². The molecule has 0 aliphatic carbocycles. The van der Waals surface area contributed by atoms with E-state index >= 15 is 0 Å². The van der Waals surface area contributed by atoms with Crippen molar-refractivity contribution in [3.05, 3.63) is 83.4 Å². The van der Waals surface area contributed by atoms with E-state index in [1.807, 2.05) is 33.0 Å². The van der Waals surface area contributed by atoms with E-state index in [4.69, 9.17) is 0 Å². The van der Waals surface area contributed by atoms with Gasteiger partial charge in [0.25, 0.3) is 0 Å². The number of rotatable bonds is 4. The van der Waals surface area contributed by atoms with Crippen molar-refractivity contribution >= 4 is 11.6 Å². The average molecular weight is 475 g/mol. The summed E-state index contributed by atoms with van der Waals surface area (Å²) in [5.74, 6) is -1.21. The molecule has 2 N–H and O–H groups in total. The minimum atomic E-state index is -4.48. The number of benzene rings is 2. The third-order valence-electron chi connectivity index (χ3n) is 5.93. The number of halogens is 4. The van der Waals surface area contributed by atoms with Crippen molar-refractivity contribution in [2.45, 2.75) is 56.9 Å². The maximum absolute atomic E-state index is 13.5. The summed E-state index contributed by atoms with van der Waals surface area (Å²) in [7, 11) is 0. The van der Waals surface area contributed by atoms with Gasteiger partial charge in [0.2, 0.25) is 5.91 Å². The molecule has 0 radical (unpaired) electrons. The van der Waals surface area contributed by atoms with Gasteiger partial charge in [-0.3, -0.25) is 14.8 Å². The van der Waals surface area contributed by atoms with Gasteiger partial charge in [0.1, 0.15) is 5.82 Å². The van der Waals surface area contributed by atoms with Crippen LogP contribution in [0.15, 0.2) is 60.8 Å². The summed E-state index contributed by atoms with van der Waals surface area (Å²) in [6.07, 6.45) is -2.33. The fourth-order valence-corrected chi connectivity index (χ4v) is 4.21. The number of aromatic nitrogens is 2. The Hall–Kier alpha value is -3.20. The summed E-state index contributed by atoms with van der Waals surface area (Å²) in [5.41, 5.74) is 0.392. The molecule has 180 valence electrons. The number of carbonyl (C=O) groups excluding carboxylic acids is 1. The maximum atomic E-state index is 13.5. The van der Waals surface area contributed by atoms with Crippen LogP contribution >= 0.6 is 0 Å². The number of alkyl halides is 3. The molecular formula is C25H26F4N4O. The second kappa shape index (κ2) is 8.87. The Bertz CT molecular complexity index is 1180. The van der Waals surface area contributed by atoms with E-state index in [1.54, 1.807) is 16.8 Å². The minimum absolute atomic E-state index is 0.274. The molecule has 1 aromatic heterocycles. The van der Waals surface area contributed by atoms with E-state index in [1.165, 1.54) is 24.3 Å². The highest BCUT2D eigenvalue weighted by Crippen LogP contribution is 2.41. The van der Waals surface area contributed by atoms with Crippen molar-refractivity contribution in [1.82, 2.24) is 15.1 Å². The molecule has 0 bridgehead atoms. The summed E-state index contributed by atoms with van der Waals surface area (Å²) >= 11 is 0. The van der Waals surface area contributed by atoms with Crippen LogP contribution in [0.4, 0.5) is 23.2 Å². The Kier molecular flexibility index (Phi) is 6.24.